The predicted octanol–water partition coefficient (Wildman–Crippen LogP) is 0.860. The zero-order valence-corrected chi connectivity index (χ0v) is 7.74. The molecule has 0 amide bonds. The van der Waals surface area contributed by atoms with E-state index in [1.54, 1.807) is 0 Å². The Kier molecular flexibility index (Phi) is 4.56. The van der Waals surface area contributed by atoms with Crippen LogP contribution < -0.4 is 5.73 Å². The number of thiocarbonyl (C=S) groups is 1. The molecular formula is C7H16N2S. The van der Waals surface area contributed by atoms with Gasteiger partial charge in [0.15, 0.2) is 0 Å². The molecule has 0 aliphatic carbocycles. The van der Waals surface area contributed by atoms with Crippen molar-refractivity contribution in [3.63, 3.8) is 0 Å². The van der Waals surface area contributed by atoms with Crippen molar-refractivity contribution in [2.75, 3.05) is 20.1 Å². The van der Waals surface area contributed by atoms with Crippen LogP contribution in [-0.2, 0) is 0 Å². The van der Waals surface area contributed by atoms with Gasteiger partial charge in [0, 0.05) is 12.5 Å². The predicted molar refractivity (Wildman–Crippen MR) is 49.1 cm³/mol. The second-order valence-corrected chi connectivity index (χ2v) is 3.13. The molecule has 0 heterocycles. The summed E-state index contributed by atoms with van der Waals surface area (Å²) in [7, 11) is 2.06. The van der Waals surface area contributed by atoms with Crippen molar-refractivity contribution < 1.29 is 0 Å². The van der Waals surface area contributed by atoms with Crippen LogP contribution in [0.25, 0.3) is 0 Å². The first kappa shape index (κ1) is 9.85. The lowest BCUT2D eigenvalue weighted by Crippen LogP contribution is -2.31. The zero-order valence-electron chi connectivity index (χ0n) is 6.92. The van der Waals surface area contributed by atoms with Crippen LogP contribution >= 0.6 is 12.2 Å². The molecule has 3 heteroatoms. The molecule has 1 atom stereocenters. The summed E-state index contributed by atoms with van der Waals surface area (Å²) in [6, 6.07) is 0. The van der Waals surface area contributed by atoms with Crippen molar-refractivity contribution in [2.45, 2.75) is 13.8 Å². The third-order valence-electron chi connectivity index (χ3n) is 1.61. The molecule has 2 nitrogen and oxygen atoms in total. The second kappa shape index (κ2) is 4.63. The van der Waals surface area contributed by atoms with Gasteiger partial charge in [0.25, 0.3) is 0 Å². The van der Waals surface area contributed by atoms with Crippen LogP contribution in [0.3, 0.4) is 0 Å². The lowest BCUT2D eigenvalue weighted by atomic mass is 10.2. The molecule has 0 aliphatic rings. The molecule has 0 bridgehead atoms. The molecule has 2 N–H and O–H groups in total. The third-order valence-corrected chi connectivity index (χ3v) is 2.01. The number of hydrogen-bond acceptors (Lipinski definition) is 2. The van der Waals surface area contributed by atoms with Gasteiger partial charge in [-0.25, -0.2) is 0 Å². The van der Waals surface area contributed by atoms with Crippen LogP contribution in [0, 0.1) is 5.92 Å². The van der Waals surface area contributed by atoms with Gasteiger partial charge in [-0.3, -0.25) is 0 Å². The summed E-state index contributed by atoms with van der Waals surface area (Å²) in [6.07, 6.45) is 0. The van der Waals surface area contributed by atoms with Crippen LogP contribution in [0.5, 0.6) is 0 Å². The van der Waals surface area contributed by atoms with Gasteiger partial charge in [0.05, 0.1) is 4.99 Å². The average Bonchev–Trinajstić information content (AvgIpc) is 1.87. The fourth-order valence-electron chi connectivity index (χ4n) is 0.687. The summed E-state index contributed by atoms with van der Waals surface area (Å²) >= 11 is 4.84. The van der Waals surface area contributed by atoms with Crippen molar-refractivity contribution in [3.05, 3.63) is 0 Å². The van der Waals surface area contributed by atoms with Crippen LogP contribution in [0.1, 0.15) is 13.8 Å². The number of nitrogens with zero attached hydrogens (tertiary/aromatic N) is 1. The molecule has 0 radical (unpaired) electrons. The monoisotopic (exact) mass is 160 g/mol. The van der Waals surface area contributed by atoms with E-state index in [4.69, 9.17) is 18.0 Å². The van der Waals surface area contributed by atoms with Gasteiger partial charge in [-0.15, -0.1) is 0 Å². The highest BCUT2D eigenvalue weighted by Gasteiger charge is 2.06. The molecule has 60 valence electrons. The molecule has 10 heavy (non-hydrogen) atoms. The van der Waals surface area contributed by atoms with Gasteiger partial charge in [-0.1, -0.05) is 26.1 Å². The minimum atomic E-state index is 0.333. The molecule has 0 saturated heterocycles. The summed E-state index contributed by atoms with van der Waals surface area (Å²) in [5.74, 6) is 0.333. The van der Waals surface area contributed by atoms with E-state index in [2.05, 4.69) is 25.8 Å². The van der Waals surface area contributed by atoms with E-state index in [0.717, 1.165) is 13.1 Å². The highest BCUT2D eigenvalue weighted by Crippen LogP contribution is 1.97. The minimum Gasteiger partial charge on any atom is -0.393 e. The van der Waals surface area contributed by atoms with Crippen LogP contribution in [-0.4, -0.2) is 30.0 Å². The first-order chi connectivity index (χ1) is 4.57. The van der Waals surface area contributed by atoms with Gasteiger partial charge in [-0.05, 0) is 13.6 Å². The maximum Gasteiger partial charge on any atom is 0.0768 e. The molecule has 0 rings (SSSR count). The highest BCUT2D eigenvalue weighted by molar-refractivity contribution is 7.80. The Morgan fingerprint density at radius 2 is 2.20 bits per heavy atom. The maximum absolute atomic E-state index is 5.44. The quantitative estimate of drug-likeness (QED) is 0.619. The topological polar surface area (TPSA) is 29.3 Å². The molecule has 0 aromatic heterocycles. The van der Waals surface area contributed by atoms with Crippen molar-refractivity contribution >= 4 is 17.2 Å². The lowest BCUT2D eigenvalue weighted by molar-refractivity contribution is 0.332. The summed E-state index contributed by atoms with van der Waals surface area (Å²) in [5, 5.41) is 0. The first-order valence-electron chi connectivity index (χ1n) is 3.55. The Hall–Kier alpha value is -0.150. The molecule has 0 spiro atoms. The molecule has 0 fully saturated rings. The molecular weight excluding hydrogens is 144 g/mol. The lowest BCUT2D eigenvalue weighted by Gasteiger charge is -2.18. The van der Waals surface area contributed by atoms with Crippen LogP contribution in [0.4, 0.5) is 0 Å². The van der Waals surface area contributed by atoms with Crippen molar-refractivity contribution in [3.8, 4) is 0 Å². The first-order valence-corrected chi connectivity index (χ1v) is 3.96. The summed E-state index contributed by atoms with van der Waals surface area (Å²) in [4.78, 5) is 2.81. The molecule has 0 saturated carbocycles. The molecule has 0 aliphatic heterocycles. The Labute approximate surface area is 68.4 Å². The van der Waals surface area contributed by atoms with E-state index >= 15 is 0 Å². The zero-order chi connectivity index (χ0) is 8.15. The van der Waals surface area contributed by atoms with Gasteiger partial charge < -0.3 is 10.6 Å². The van der Waals surface area contributed by atoms with E-state index in [-0.39, 0.29) is 0 Å². The summed E-state index contributed by atoms with van der Waals surface area (Å²) < 4.78 is 0. The highest BCUT2D eigenvalue weighted by atomic mass is 32.1. The van der Waals surface area contributed by atoms with Crippen molar-refractivity contribution in [1.29, 1.82) is 0 Å². The Bertz CT molecular complexity index is 114. The van der Waals surface area contributed by atoms with E-state index < -0.39 is 0 Å². The van der Waals surface area contributed by atoms with Gasteiger partial charge in [0.1, 0.15) is 0 Å². The summed E-state index contributed by atoms with van der Waals surface area (Å²) in [6.45, 7) is 6.18. The van der Waals surface area contributed by atoms with E-state index in [1.165, 1.54) is 0 Å². The molecule has 0 aromatic rings. The van der Waals surface area contributed by atoms with Gasteiger partial charge >= 0.3 is 0 Å². The standard InChI is InChI=1S/C7H16N2S/c1-4-9(3)5-6(2)7(8)10/h6H,4-5H2,1-3H3,(H2,8,10). The third kappa shape index (κ3) is 3.80. The number of rotatable bonds is 4. The summed E-state index contributed by atoms with van der Waals surface area (Å²) in [5.41, 5.74) is 5.44. The largest absolute Gasteiger partial charge is 0.393 e. The van der Waals surface area contributed by atoms with Crippen molar-refractivity contribution in [2.24, 2.45) is 11.7 Å². The second-order valence-electron chi connectivity index (χ2n) is 2.66. The van der Waals surface area contributed by atoms with E-state index in [9.17, 15) is 0 Å². The fourth-order valence-corrected chi connectivity index (χ4v) is 0.761. The Morgan fingerprint density at radius 3 is 2.50 bits per heavy atom. The molecule has 0 aromatic carbocycles. The average molecular weight is 160 g/mol. The SMILES string of the molecule is CCN(C)CC(C)C(N)=S. The Morgan fingerprint density at radius 1 is 1.70 bits per heavy atom. The van der Waals surface area contributed by atoms with Gasteiger partial charge in [0.2, 0.25) is 0 Å². The normalized spacial score (nSPS) is 13.6. The Balaban J connectivity index is 3.56. The van der Waals surface area contributed by atoms with Crippen molar-refractivity contribution in [1.82, 2.24) is 4.90 Å². The van der Waals surface area contributed by atoms with Gasteiger partial charge in [-0.2, -0.15) is 0 Å². The van der Waals surface area contributed by atoms with Crippen LogP contribution in [0.15, 0.2) is 0 Å². The van der Waals surface area contributed by atoms with Crippen LogP contribution in [0.2, 0.25) is 0 Å². The maximum atomic E-state index is 5.44. The fraction of sp³-hybridized carbons (Fsp3) is 0.857. The smallest absolute Gasteiger partial charge is 0.0768 e. The number of nitrogens with two attached hydrogens (primary N) is 1. The minimum absolute atomic E-state index is 0.333. The molecule has 1 unspecified atom stereocenters. The van der Waals surface area contributed by atoms with E-state index in [0.29, 0.717) is 10.9 Å². The van der Waals surface area contributed by atoms with E-state index in [1.807, 2.05) is 0 Å². The number of hydrogen-bond donors (Lipinski definition) is 1.